The molecule has 8 heteroatoms. The van der Waals surface area contributed by atoms with Gasteiger partial charge in [-0.15, -0.1) is 0 Å². The third-order valence-corrected chi connectivity index (χ3v) is 4.45. The van der Waals surface area contributed by atoms with Crippen LogP contribution in [0.5, 0.6) is 0 Å². The Morgan fingerprint density at radius 1 is 0.793 bits per heavy atom. The van der Waals surface area contributed by atoms with Crippen LogP contribution in [0.4, 0.5) is 22.7 Å². The smallest absolute Gasteiger partial charge is 0.255 e. The number of carbonyl (C=O) groups excluding carboxylic acids is 4. The van der Waals surface area contributed by atoms with Crippen LogP contribution in [-0.4, -0.2) is 30.2 Å². The number of nitrogens with one attached hydrogen (secondary N) is 3. The minimum absolute atomic E-state index is 0.0131. The van der Waals surface area contributed by atoms with Gasteiger partial charge in [0.25, 0.3) is 5.91 Å². The second-order valence-corrected chi connectivity index (χ2v) is 6.88. The molecule has 0 saturated heterocycles. The lowest BCUT2D eigenvalue weighted by molar-refractivity contribution is -0.116. The first-order valence-corrected chi connectivity index (χ1v) is 9.15. The zero-order valence-corrected chi connectivity index (χ0v) is 16.5. The molecule has 0 aromatic heterocycles. The maximum Gasteiger partial charge on any atom is 0.255 e. The molecule has 0 unspecified atom stereocenters. The van der Waals surface area contributed by atoms with Crippen molar-refractivity contribution in [3.63, 3.8) is 0 Å². The van der Waals surface area contributed by atoms with Gasteiger partial charge in [-0.1, -0.05) is 0 Å². The molecule has 1 aliphatic rings. The molecule has 0 aliphatic carbocycles. The molecule has 0 atom stereocenters. The number of amides is 4. The van der Waals surface area contributed by atoms with Gasteiger partial charge in [-0.3, -0.25) is 19.2 Å². The minimum Gasteiger partial charge on any atom is -0.326 e. The van der Waals surface area contributed by atoms with E-state index in [0.29, 0.717) is 23.6 Å². The van der Waals surface area contributed by atoms with E-state index < -0.39 is 0 Å². The lowest BCUT2D eigenvalue weighted by atomic mass is 10.1. The summed E-state index contributed by atoms with van der Waals surface area (Å²) in [6.07, 6.45) is 0.726. The van der Waals surface area contributed by atoms with Crippen LogP contribution in [0.15, 0.2) is 36.4 Å². The van der Waals surface area contributed by atoms with Crippen LogP contribution in [0.1, 0.15) is 36.7 Å². The van der Waals surface area contributed by atoms with Gasteiger partial charge >= 0.3 is 0 Å². The zero-order chi connectivity index (χ0) is 21.1. The molecule has 8 nitrogen and oxygen atoms in total. The van der Waals surface area contributed by atoms with Gasteiger partial charge < -0.3 is 20.9 Å². The highest BCUT2D eigenvalue weighted by Gasteiger charge is 2.22. The molecule has 1 aliphatic heterocycles. The molecule has 4 amide bonds. The summed E-state index contributed by atoms with van der Waals surface area (Å²) in [5.41, 5.74) is 3.54. The SMILES string of the molecule is CC(=O)Nc1cc(NC(C)=O)cc(C(=O)Nc2ccc3c(c2)CCN3C(C)=O)c1. The molecule has 0 spiro atoms. The Morgan fingerprint density at radius 2 is 1.41 bits per heavy atom. The average molecular weight is 394 g/mol. The second kappa shape index (κ2) is 8.14. The molecule has 0 radical (unpaired) electrons. The highest BCUT2D eigenvalue weighted by atomic mass is 16.2. The quantitative estimate of drug-likeness (QED) is 0.741. The van der Waals surface area contributed by atoms with E-state index in [4.69, 9.17) is 0 Å². The summed E-state index contributed by atoms with van der Waals surface area (Å²) in [5.74, 6) is -0.971. The van der Waals surface area contributed by atoms with Crippen LogP contribution in [0, 0.1) is 0 Å². The normalized spacial score (nSPS) is 12.2. The van der Waals surface area contributed by atoms with Crippen molar-refractivity contribution in [2.24, 2.45) is 0 Å². The van der Waals surface area contributed by atoms with E-state index in [2.05, 4.69) is 16.0 Å². The Bertz CT molecular complexity index is 981. The van der Waals surface area contributed by atoms with E-state index in [1.165, 1.54) is 32.9 Å². The summed E-state index contributed by atoms with van der Waals surface area (Å²) >= 11 is 0. The molecule has 1 heterocycles. The van der Waals surface area contributed by atoms with Crippen molar-refractivity contribution in [1.29, 1.82) is 0 Å². The maximum absolute atomic E-state index is 12.8. The van der Waals surface area contributed by atoms with Crippen molar-refractivity contribution in [2.75, 3.05) is 27.4 Å². The summed E-state index contributed by atoms with van der Waals surface area (Å²) in [6, 6.07) is 10.0. The Kier molecular flexibility index (Phi) is 5.63. The Balaban J connectivity index is 1.84. The Hall–Kier alpha value is -3.68. The number of benzene rings is 2. The molecule has 0 saturated carbocycles. The molecule has 2 aromatic carbocycles. The van der Waals surface area contributed by atoms with Crippen molar-refractivity contribution in [3.8, 4) is 0 Å². The summed E-state index contributed by atoms with van der Waals surface area (Å²) in [7, 11) is 0. The topological polar surface area (TPSA) is 108 Å². The highest BCUT2D eigenvalue weighted by molar-refractivity contribution is 6.07. The Morgan fingerprint density at radius 3 is 1.97 bits per heavy atom. The number of hydrogen-bond donors (Lipinski definition) is 3. The molecule has 0 fully saturated rings. The summed E-state index contributed by atoms with van der Waals surface area (Å²) in [4.78, 5) is 48.9. The van der Waals surface area contributed by atoms with E-state index in [-0.39, 0.29) is 29.2 Å². The van der Waals surface area contributed by atoms with Gasteiger partial charge in [0.05, 0.1) is 0 Å². The second-order valence-electron chi connectivity index (χ2n) is 6.88. The van der Waals surface area contributed by atoms with Gasteiger partial charge in [0.2, 0.25) is 17.7 Å². The molecular weight excluding hydrogens is 372 g/mol. The lowest BCUT2D eigenvalue weighted by Crippen LogP contribution is -2.25. The molecule has 0 bridgehead atoms. The van der Waals surface area contributed by atoms with Gasteiger partial charge in [0.1, 0.15) is 0 Å². The summed E-state index contributed by atoms with van der Waals surface area (Å²) in [6.45, 7) is 4.87. The summed E-state index contributed by atoms with van der Waals surface area (Å²) < 4.78 is 0. The largest absolute Gasteiger partial charge is 0.326 e. The standard InChI is InChI=1S/C21H22N4O4/c1-12(26)22-18-9-16(10-19(11-18)23-13(2)27)21(29)24-17-4-5-20-15(8-17)6-7-25(20)14(3)28/h4-5,8-11H,6-7H2,1-3H3,(H,22,26)(H,23,27)(H,24,29). The molecule has 3 rings (SSSR count). The maximum atomic E-state index is 12.8. The number of hydrogen-bond acceptors (Lipinski definition) is 4. The van der Waals surface area contributed by atoms with Gasteiger partial charge in [-0.25, -0.2) is 0 Å². The lowest BCUT2D eigenvalue weighted by Gasteiger charge is -2.15. The van der Waals surface area contributed by atoms with Crippen LogP contribution in [-0.2, 0) is 20.8 Å². The number of rotatable bonds is 4. The first-order chi connectivity index (χ1) is 13.7. The first kappa shape index (κ1) is 20.1. The van der Waals surface area contributed by atoms with Gasteiger partial charge in [0.15, 0.2) is 0 Å². The summed E-state index contributed by atoms with van der Waals surface area (Å²) in [5, 5.41) is 8.06. The predicted molar refractivity (Wildman–Crippen MR) is 111 cm³/mol. The number of fused-ring (bicyclic) bond motifs is 1. The van der Waals surface area contributed by atoms with Crippen molar-refractivity contribution in [2.45, 2.75) is 27.2 Å². The zero-order valence-electron chi connectivity index (χ0n) is 16.5. The number of nitrogens with zero attached hydrogens (tertiary/aromatic N) is 1. The van der Waals surface area contributed by atoms with Crippen molar-refractivity contribution in [1.82, 2.24) is 0 Å². The molecule has 29 heavy (non-hydrogen) atoms. The van der Waals surface area contributed by atoms with Crippen LogP contribution in [0.25, 0.3) is 0 Å². The third-order valence-electron chi connectivity index (χ3n) is 4.45. The predicted octanol–water partition coefficient (Wildman–Crippen LogP) is 2.76. The van der Waals surface area contributed by atoms with Gasteiger partial charge in [-0.2, -0.15) is 0 Å². The fraction of sp³-hybridized carbons (Fsp3) is 0.238. The molecule has 150 valence electrons. The van der Waals surface area contributed by atoms with Crippen molar-refractivity contribution < 1.29 is 19.2 Å². The monoisotopic (exact) mass is 394 g/mol. The van der Waals surface area contributed by atoms with E-state index >= 15 is 0 Å². The van der Waals surface area contributed by atoms with Crippen molar-refractivity contribution >= 4 is 46.4 Å². The highest BCUT2D eigenvalue weighted by Crippen LogP contribution is 2.31. The average Bonchev–Trinajstić information content (AvgIpc) is 3.03. The minimum atomic E-state index is -0.384. The Labute approximate surface area is 168 Å². The van der Waals surface area contributed by atoms with Crippen LogP contribution in [0.3, 0.4) is 0 Å². The first-order valence-electron chi connectivity index (χ1n) is 9.15. The van der Waals surface area contributed by atoms with E-state index in [9.17, 15) is 19.2 Å². The number of carbonyl (C=O) groups is 4. The van der Waals surface area contributed by atoms with Gasteiger partial charge in [0, 0.05) is 55.6 Å². The van der Waals surface area contributed by atoms with Crippen molar-refractivity contribution in [3.05, 3.63) is 47.5 Å². The van der Waals surface area contributed by atoms with E-state index in [1.54, 1.807) is 17.0 Å². The van der Waals surface area contributed by atoms with Gasteiger partial charge in [-0.05, 0) is 48.4 Å². The molecule has 2 aromatic rings. The van der Waals surface area contributed by atoms with Crippen LogP contribution in [0.2, 0.25) is 0 Å². The number of anilines is 4. The fourth-order valence-electron chi connectivity index (χ4n) is 3.32. The van der Waals surface area contributed by atoms with Crippen LogP contribution < -0.4 is 20.9 Å². The molecule has 3 N–H and O–H groups in total. The third kappa shape index (κ3) is 4.78. The van der Waals surface area contributed by atoms with Crippen LogP contribution >= 0.6 is 0 Å². The fourth-order valence-corrected chi connectivity index (χ4v) is 3.32. The van der Waals surface area contributed by atoms with E-state index in [1.807, 2.05) is 12.1 Å². The van der Waals surface area contributed by atoms with E-state index in [0.717, 1.165) is 17.7 Å². The molecular formula is C21H22N4O4.